The number of amides is 1. The molecular formula is C15H15N5O. The molecule has 3 N–H and O–H groups in total. The third-order valence-electron chi connectivity index (χ3n) is 3.37. The van der Waals surface area contributed by atoms with Crippen LogP contribution in [0.25, 0.3) is 22.3 Å². The van der Waals surface area contributed by atoms with E-state index in [1.165, 1.54) is 0 Å². The van der Waals surface area contributed by atoms with Crippen LogP contribution in [-0.4, -0.2) is 26.3 Å². The second-order valence-electron chi connectivity index (χ2n) is 4.89. The molecule has 0 spiro atoms. The number of primary amides is 1. The first-order chi connectivity index (χ1) is 10.2. The second kappa shape index (κ2) is 5.32. The van der Waals surface area contributed by atoms with Crippen LogP contribution in [0, 0.1) is 0 Å². The normalized spacial score (nSPS) is 10.9. The van der Waals surface area contributed by atoms with Crippen molar-refractivity contribution >= 4 is 16.8 Å². The molecule has 0 unspecified atom stereocenters. The molecule has 2 heterocycles. The van der Waals surface area contributed by atoms with Gasteiger partial charge in [-0.3, -0.25) is 9.89 Å². The number of nitrogens with one attached hydrogen (secondary N) is 1. The van der Waals surface area contributed by atoms with Crippen molar-refractivity contribution in [1.29, 1.82) is 0 Å². The predicted octanol–water partition coefficient (Wildman–Crippen LogP) is 2.07. The maximum atomic E-state index is 11.3. The van der Waals surface area contributed by atoms with Gasteiger partial charge in [-0.25, -0.2) is 4.98 Å². The molecule has 2 aromatic heterocycles. The second-order valence-corrected chi connectivity index (χ2v) is 4.89. The van der Waals surface area contributed by atoms with Gasteiger partial charge in [0.25, 0.3) is 0 Å². The number of H-pyrrole nitrogens is 1. The van der Waals surface area contributed by atoms with E-state index in [1.807, 2.05) is 6.07 Å². The first kappa shape index (κ1) is 13.2. The van der Waals surface area contributed by atoms with Crippen LogP contribution < -0.4 is 5.73 Å². The molecular weight excluding hydrogens is 266 g/mol. The number of aryl methyl sites for hydroxylation is 1. The topological polar surface area (TPSA) is 97.6 Å². The Morgan fingerprint density at radius 3 is 2.86 bits per heavy atom. The summed E-state index contributed by atoms with van der Waals surface area (Å²) in [5, 5.41) is 11.4. The standard InChI is InChI=1S/C15H15N5O/c1-2-3-10-6-9-4-5-11(15(16)21)7-12(9)18-14(10)13-8-17-20-19-13/h4-8H,2-3H2,1H3,(H2,16,21)(H,17,19,20). The molecule has 0 radical (unpaired) electrons. The summed E-state index contributed by atoms with van der Waals surface area (Å²) < 4.78 is 0. The van der Waals surface area contributed by atoms with E-state index in [1.54, 1.807) is 18.3 Å². The van der Waals surface area contributed by atoms with Crippen LogP contribution in [0.2, 0.25) is 0 Å². The van der Waals surface area contributed by atoms with Crippen LogP contribution in [0.3, 0.4) is 0 Å². The Morgan fingerprint density at radius 1 is 1.33 bits per heavy atom. The molecule has 0 saturated heterocycles. The molecule has 0 bridgehead atoms. The number of carbonyl (C=O) groups is 1. The molecule has 0 fully saturated rings. The van der Waals surface area contributed by atoms with E-state index in [0.29, 0.717) is 5.56 Å². The highest BCUT2D eigenvalue weighted by Gasteiger charge is 2.11. The number of rotatable bonds is 4. The largest absolute Gasteiger partial charge is 0.366 e. The van der Waals surface area contributed by atoms with Crippen molar-refractivity contribution in [3.63, 3.8) is 0 Å². The van der Waals surface area contributed by atoms with E-state index in [-0.39, 0.29) is 0 Å². The molecule has 6 heteroatoms. The van der Waals surface area contributed by atoms with Crippen LogP contribution >= 0.6 is 0 Å². The maximum absolute atomic E-state index is 11.3. The Bertz CT molecular complexity index is 795. The predicted molar refractivity (Wildman–Crippen MR) is 79.6 cm³/mol. The summed E-state index contributed by atoms with van der Waals surface area (Å²) in [6.07, 6.45) is 3.57. The van der Waals surface area contributed by atoms with E-state index in [9.17, 15) is 4.79 Å². The Morgan fingerprint density at radius 2 is 2.19 bits per heavy atom. The number of nitrogens with zero attached hydrogens (tertiary/aromatic N) is 3. The number of aromatic amines is 1. The van der Waals surface area contributed by atoms with Crippen LogP contribution in [0.1, 0.15) is 29.3 Å². The van der Waals surface area contributed by atoms with Gasteiger partial charge in [-0.1, -0.05) is 24.6 Å². The van der Waals surface area contributed by atoms with E-state index in [2.05, 4.69) is 33.4 Å². The third kappa shape index (κ3) is 2.47. The molecule has 0 aliphatic carbocycles. The minimum atomic E-state index is -0.457. The lowest BCUT2D eigenvalue weighted by Gasteiger charge is -2.09. The summed E-state index contributed by atoms with van der Waals surface area (Å²) >= 11 is 0. The Labute approximate surface area is 121 Å². The van der Waals surface area contributed by atoms with Crippen LogP contribution in [0.5, 0.6) is 0 Å². The first-order valence-electron chi connectivity index (χ1n) is 6.79. The van der Waals surface area contributed by atoms with Gasteiger partial charge in [-0.15, -0.1) is 5.10 Å². The zero-order valence-electron chi connectivity index (χ0n) is 11.6. The van der Waals surface area contributed by atoms with Gasteiger partial charge in [-0.05, 0) is 30.2 Å². The average molecular weight is 281 g/mol. The van der Waals surface area contributed by atoms with Crippen LogP contribution in [-0.2, 0) is 6.42 Å². The fraction of sp³-hybridized carbons (Fsp3) is 0.200. The van der Waals surface area contributed by atoms with Crippen LogP contribution in [0.4, 0.5) is 0 Å². The highest BCUT2D eigenvalue weighted by molar-refractivity contribution is 5.97. The minimum absolute atomic E-state index is 0.451. The lowest BCUT2D eigenvalue weighted by atomic mass is 10.0. The monoisotopic (exact) mass is 281 g/mol. The Balaban J connectivity index is 2.23. The number of carbonyl (C=O) groups excluding carboxylic acids is 1. The molecule has 0 saturated carbocycles. The average Bonchev–Trinajstić information content (AvgIpc) is 3.00. The maximum Gasteiger partial charge on any atom is 0.248 e. The van der Waals surface area contributed by atoms with E-state index >= 15 is 0 Å². The summed E-state index contributed by atoms with van der Waals surface area (Å²) in [4.78, 5) is 16.0. The molecule has 0 atom stereocenters. The SMILES string of the molecule is CCCc1cc2ccc(C(N)=O)cc2nc1-c1cnn[nH]1. The minimum Gasteiger partial charge on any atom is -0.366 e. The molecule has 0 aliphatic heterocycles. The molecule has 1 aromatic carbocycles. The molecule has 6 nitrogen and oxygen atoms in total. The number of aromatic nitrogens is 4. The number of nitrogens with two attached hydrogens (primary N) is 1. The fourth-order valence-corrected chi connectivity index (χ4v) is 2.37. The van der Waals surface area contributed by atoms with Gasteiger partial charge in [0.2, 0.25) is 5.91 Å². The summed E-state index contributed by atoms with van der Waals surface area (Å²) in [6.45, 7) is 2.12. The molecule has 3 aromatic rings. The van der Waals surface area contributed by atoms with Crippen molar-refractivity contribution in [3.8, 4) is 11.4 Å². The number of hydrogen-bond acceptors (Lipinski definition) is 4. The number of fused-ring (bicyclic) bond motifs is 1. The fourth-order valence-electron chi connectivity index (χ4n) is 2.37. The van der Waals surface area contributed by atoms with Gasteiger partial charge >= 0.3 is 0 Å². The zero-order valence-corrected chi connectivity index (χ0v) is 11.6. The van der Waals surface area contributed by atoms with Crippen molar-refractivity contribution in [1.82, 2.24) is 20.4 Å². The van der Waals surface area contributed by atoms with Crippen LogP contribution in [0.15, 0.2) is 30.5 Å². The van der Waals surface area contributed by atoms with E-state index in [0.717, 1.165) is 40.7 Å². The highest BCUT2D eigenvalue weighted by atomic mass is 16.1. The van der Waals surface area contributed by atoms with Crippen molar-refractivity contribution in [3.05, 3.63) is 41.6 Å². The third-order valence-corrected chi connectivity index (χ3v) is 3.37. The van der Waals surface area contributed by atoms with Gasteiger partial charge < -0.3 is 5.73 Å². The lowest BCUT2D eigenvalue weighted by Crippen LogP contribution is -2.10. The molecule has 1 amide bonds. The molecule has 0 aliphatic rings. The van der Waals surface area contributed by atoms with Gasteiger partial charge in [-0.2, -0.15) is 0 Å². The number of pyridine rings is 1. The first-order valence-corrected chi connectivity index (χ1v) is 6.79. The van der Waals surface area contributed by atoms with Crippen molar-refractivity contribution in [2.45, 2.75) is 19.8 Å². The van der Waals surface area contributed by atoms with Gasteiger partial charge in [0.15, 0.2) is 0 Å². The van der Waals surface area contributed by atoms with E-state index in [4.69, 9.17) is 5.73 Å². The van der Waals surface area contributed by atoms with Gasteiger partial charge in [0.05, 0.1) is 17.4 Å². The zero-order chi connectivity index (χ0) is 14.8. The van der Waals surface area contributed by atoms with Gasteiger partial charge in [0.1, 0.15) is 5.69 Å². The Hall–Kier alpha value is -2.76. The Kier molecular flexibility index (Phi) is 3.35. The van der Waals surface area contributed by atoms with E-state index < -0.39 is 5.91 Å². The summed E-state index contributed by atoms with van der Waals surface area (Å²) in [5.41, 5.74) is 9.22. The van der Waals surface area contributed by atoms with Crippen molar-refractivity contribution in [2.75, 3.05) is 0 Å². The van der Waals surface area contributed by atoms with Gasteiger partial charge in [0, 0.05) is 10.9 Å². The van der Waals surface area contributed by atoms with Crippen molar-refractivity contribution < 1.29 is 4.79 Å². The summed E-state index contributed by atoms with van der Waals surface area (Å²) in [6, 6.07) is 7.39. The number of hydrogen-bond donors (Lipinski definition) is 2. The summed E-state index contributed by atoms with van der Waals surface area (Å²) in [7, 11) is 0. The quantitative estimate of drug-likeness (QED) is 0.764. The smallest absolute Gasteiger partial charge is 0.248 e. The summed E-state index contributed by atoms with van der Waals surface area (Å²) in [5.74, 6) is -0.457. The lowest BCUT2D eigenvalue weighted by molar-refractivity contribution is 0.100. The molecule has 106 valence electrons. The van der Waals surface area contributed by atoms with Crippen molar-refractivity contribution in [2.24, 2.45) is 5.73 Å². The highest BCUT2D eigenvalue weighted by Crippen LogP contribution is 2.25. The molecule has 21 heavy (non-hydrogen) atoms. The number of benzene rings is 1. The molecule has 3 rings (SSSR count).